The maximum atomic E-state index is 11.9. The van der Waals surface area contributed by atoms with E-state index in [0.717, 1.165) is 11.1 Å². The summed E-state index contributed by atoms with van der Waals surface area (Å²) in [5, 5.41) is 8.72. The molecule has 0 radical (unpaired) electrons. The zero-order chi connectivity index (χ0) is 19.5. The maximum Gasteiger partial charge on any atom is 0.339 e. The zero-order valence-electron chi connectivity index (χ0n) is 16.1. The number of thioether (sulfide) groups is 1. The van der Waals surface area contributed by atoms with Gasteiger partial charge in [-0.15, -0.1) is 11.8 Å². The summed E-state index contributed by atoms with van der Waals surface area (Å²) in [4.78, 5) is 13.2. The van der Waals surface area contributed by atoms with E-state index in [2.05, 4.69) is 31.2 Å². The van der Waals surface area contributed by atoms with Crippen molar-refractivity contribution in [2.45, 2.75) is 57.0 Å². The van der Waals surface area contributed by atoms with Gasteiger partial charge in [0.1, 0.15) is 6.07 Å². The Hall–Kier alpha value is -2.25. The highest BCUT2D eigenvalue weighted by Gasteiger charge is 2.11. The molecule has 0 aliphatic carbocycles. The van der Waals surface area contributed by atoms with E-state index in [1.54, 1.807) is 19.1 Å². The van der Waals surface area contributed by atoms with Crippen LogP contribution in [0.2, 0.25) is 0 Å². The smallest absolute Gasteiger partial charge is 0.339 e. The number of ether oxygens (including phenoxy) is 1. The van der Waals surface area contributed by atoms with Crippen molar-refractivity contribution in [2.75, 3.05) is 5.75 Å². The standard InChI is InChI=1S/C23H27NO2S/c1-3-4-5-6-7-16-27-22-14-12-20(13-15-22)19-8-10-21(11-9-19)23(25)26-18(2)17-24/h8-15,18H,3-7,16H2,1-2H3/t18-/m1/s1. The molecule has 1 atom stereocenters. The number of nitriles is 1. The molecule has 3 nitrogen and oxygen atoms in total. The van der Waals surface area contributed by atoms with Gasteiger partial charge in [-0.2, -0.15) is 5.26 Å². The third-order valence-electron chi connectivity index (χ3n) is 4.29. The predicted octanol–water partition coefficient (Wildman–Crippen LogP) is 6.48. The summed E-state index contributed by atoms with van der Waals surface area (Å²) in [6.07, 6.45) is 5.82. The highest BCUT2D eigenvalue weighted by atomic mass is 32.2. The highest BCUT2D eigenvalue weighted by Crippen LogP contribution is 2.25. The average molecular weight is 382 g/mol. The number of hydrogen-bond donors (Lipinski definition) is 0. The van der Waals surface area contributed by atoms with Crippen LogP contribution in [-0.4, -0.2) is 17.8 Å². The number of unbranched alkanes of at least 4 members (excludes halogenated alkanes) is 4. The van der Waals surface area contributed by atoms with Gasteiger partial charge in [0.15, 0.2) is 6.10 Å². The minimum atomic E-state index is -0.742. The van der Waals surface area contributed by atoms with Crippen molar-refractivity contribution in [2.24, 2.45) is 0 Å². The molecule has 2 rings (SSSR count). The molecule has 27 heavy (non-hydrogen) atoms. The van der Waals surface area contributed by atoms with Gasteiger partial charge in [-0.3, -0.25) is 0 Å². The normalized spacial score (nSPS) is 11.6. The van der Waals surface area contributed by atoms with Crippen LogP contribution in [0.4, 0.5) is 0 Å². The Morgan fingerprint density at radius 1 is 1.00 bits per heavy atom. The molecule has 2 aromatic rings. The summed E-state index contributed by atoms with van der Waals surface area (Å²) in [5.41, 5.74) is 2.62. The Morgan fingerprint density at radius 2 is 1.59 bits per heavy atom. The van der Waals surface area contributed by atoms with Crippen LogP contribution < -0.4 is 0 Å². The first-order valence-corrected chi connectivity index (χ1v) is 10.6. The van der Waals surface area contributed by atoms with Crippen LogP contribution in [0.5, 0.6) is 0 Å². The van der Waals surface area contributed by atoms with Crippen molar-refractivity contribution in [3.8, 4) is 17.2 Å². The number of hydrogen-bond acceptors (Lipinski definition) is 4. The van der Waals surface area contributed by atoms with E-state index in [-0.39, 0.29) is 0 Å². The lowest BCUT2D eigenvalue weighted by molar-refractivity contribution is 0.0435. The molecular weight excluding hydrogens is 354 g/mol. The van der Waals surface area contributed by atoms with E-state index < -0.39 is 12.1 Å². The SMILES string of the molecule is CCCCCCCSc1ccc(-c2ccc(C(=O)O[C@H](C)C#N)cc2)cc1. The average Bonchev–Trinajstić information content (AvgIpc) is 2.71. The van der Waals surface area contributed by atoms with E-state index in [9.17, 15) is 4.79 Å². The molecule has 0 aliphatic rings. The minimum Gasteiger partial charge on any atom is -0.444 e. The quantitative estimate of drug-likeness (QED) is 0.268. The van der Waals surface area contributed by atoms with E-state index in [1.807, 2.05) is 30.0 Å². The van der Waals surface area contributed by atoms with Crippen molar-refractivity contribution in [3.05, 3.63) is 54.1 Å². The van der Waals surface area contributed by atoms with Crippen LogP contribution in [0.3, 0.4) is 0 Å². The molecule has 0 amide bonds. The van der Waals surface area contributed by atoms with E-state index in [1.165, 1.54) is 42.8 Å². The van der Waals surface area contributed by atoms with Crippen LogP contribution in [0.15, 0.2) is 53.4 Å². The fourth-order valence-electron chi connectivity index (χ4n) is 2.69. The van der Waals surface area contributed by atoms with Gasteiger partial charge in [-0.25, -0.2) is 4.79 Å². The lowest BCUT2D eigenvalue weighted by Gasteiger charge is -2.08. The number of rotatable bonds is 10. The van der Waals surface area contributed by atoms with Crippen molar-refractivity contribution in [3.63, 3.8) is 0 Å². The number of carbonyl (C=O) groups excluding carboxylic acids is 1. The third-order valence-corrected chi connectivity index (χ3v) is 5.39. The molecule has 0 bridgehead atoms. The summed E-state index contributed by atoms with van der Waals surface area (Å²) in [7, 11) is 0. The molecule has 0 aromatic heterocycles. The molecule has 2 aromatic carbocycles. The number of esters is 1. The molecule has 0 N–H and O–H groups in total. The maximum absolute atomic E-state index is 11.9. The number of benzene rings is 2. The van der Waals surface area contributed by atoms with Gasteiger partial charge >= 0.3 is 5.97 Å². The summed E-state index contributed by atoms with van der Waals surface area (Å²) in [6, 6.07) is 17.7. The second-order valence-corrected chi connectivity index (χ2v) is 7.71. The van der Waals surface area contributed by atoms with Crippen molar-refractivity contribution in [1.29, 1.82) is 5.26 Å². The summed E-state index contributed by atoms with van der Waals surface area (Å²) in [5.74, 6) is 0.697. The Labute approximate surface area is 166 Å². The Kier molecular flexibility index (Phi) is 8.94. The second-order valence-electron chi connectivity index (χ2n) is 6.54. The molecule has 4 heteroatoms. The fraction of sp³-hybridized carbons (Fsp3) is 0.391. The van der Waals surface area contributed by atoms with Gasteiger partial charge < -0.3 is 4.74 Å². The van der Waals surface area contributed by atoms with E-state index in [4.69, 9.17) is 10.00 Å². The lowest BCUT2D eigenvalue weighted by Crippen LogP contribution is -2.12. The van der Waals surface area contributed by atoms with E-state index >= 15 is 0 Å². The van der Waals surface area contributed by atoms with Crippen LogP contribution in [-0.2, 0) is 4.74 Å². The summed E-state index contributed by atoms with van der Waals surface area (Å²) in [6.45, 7) is 3.79. The summed E-state index contributed by atoms with van der Waals surface area (Å²) >= 11 is 1.91. The van der Waals surface area contributed by atoms with Crippen molar-refractivity contribution < 1.29 is 9.53 Å². The van der Waals surface area contributed by atoms with E-state index in [0.29, 0.717) is 5.56 Å². The molecular formula is C23H27NO2S. The van der Waals surface area contributed by atoms with Gasteiger partial charge in [-0.05, 0) is 54.5 Å². The topological polar surface area (TPSA) is 50.1 Å². The largest absolute Gasteiger partial charge is 0.444 e. The first-order chi connectivity index (χ1) is 13.1. The Balaban J connectivity index is 1.87. The van der Waals surface area contributed by atoms with Gasteiger partial charge in [0.25, 0.3) is 0 Å². The van der Waals surface area contributed by atoms with Crippen LogP contribution in [0.1, 0.15) is 56.3 Å². The Bertz CT molecular complexity index is 747. The molecule has 0 aliphatic heterocycles. The fourth-order valence-corrected chi connectivity index (χ4v) is 3.61. The first kappa shape index (κ1) is 21.1. The molecule has 0 saturated heterocycles. The minimum absolute atomic E-state index is 0.455. The van der Waals surface area contributed by atoms with Crippen LogP contribution in [0.25, 0.3) is 11.1 Å². The Morgan fingerprint density at radius 3 is 2.19 bits per heavy atom. The molecule has 0 unspecified atom stereocenters. The summed E-state index contributed by atoms with van der Waals surface area (Å²) < 4.78 is 5.01. The van der Waals surface area contributed by atoms with Crippen LogP contribution in [0, 0.1) is 11.3 Å². The monoisotopic (exact) mass is 381 g/mol. The van der Waals surface area contributed by atoms with Crippen molar-refractivity contribution >= 4 is 17.7 Å². The molecule has 0 fully saturated rings. The predicted molar refractivity (Wildman–Crippen MR) is 112 cm³/mol. The zero-order valence-corrected chi connectivity index (χ0v) is 16.9. The molecule has 142 valence electrons. The van der Waals surface area contributed by atoms with Crippen molar-refractivity contribution in [1.82, 2.24) is 0 Å². The van der Waals surface area contributed by atoms with Gasteiger partial charge in [0.05, 0.1) is 5.56 Å². The highest BCUT2D eigenvalue weighted by molar-refractivity contribution is 7.99. The molecule has 0 heterocycles. The van der Waals surface area contributed by atoms with Gasteiger partial charge in [-0.1, -0.05) is 56.9 Å². The first-order valence-electron chi connectivity index (χ1n) is 9.58. The lowest BCUT2D eigenvalue weighted by atomic mass is 10.0. The number of nitrogens with zero attached hydrogens (tertiary/aromatic N) is 1. The van der Waals surface area contributed by atoms with Gasteiger partial charge in [0.2, 0.25) is 0 Å². The molecule has 0 saturated carbocycles. The second kappa shape index (κ2) is 11.5. The molecule has 0 spiro atoms. The van der Waals surface area contributed by atoms with Gasteiger partial charge in [0, 0.05) is 4.90 Å². The third kappa shape index (κ3) is 7.11. The van der Waals surface area contributed by atoms with Crippen LogP contribution >= 0.6 is 11.8 Å². The number of carbonyl (C=O) groups is 1.